The van der Waals surface area contributed by atoms with Crippen LogP contribution in [0.4, 0.5) is 11.6 Å². The highest BCUT2D eigenvalue weighted by atomic mass is 16.3. The molecule has 2 heterocycles. The molecule has 106 valence electrons. The molecule has 1 aromatic heterocycles. The second kappa shape index (κ2) is 6.70. The molecule has 1 aliphatic heterocycles. The second-order valence-corrected chi connectivity index (χ2v) is 5.17. The largest absolute Gasteiger partial charge is 0.396 e. The van der Waals surface area contributed by atoms with Crippen LogP contribution in [0.3, 0.4) is 0 Å². The van der Waals surface area contributed by atoms with Gasteiger partial charge in [0.25, 0.3) is 0 Å². The quantitative estimate of drug-likeness (QED) is 0.847. The second-order valence-electron chi connectivity index (χ2n) is 5.17. The molecule has 19 heavy (non-hydrogen) atoms. The molecule has 1 atom stereocenters. The van der Waals surface area contributed by atoms with E-state index in [-0.39, 0.29) is 6.61 Å². The number of aliphatic hydroxyl groups excluding tert-OH is 1. The van der Waals surface area contributed by atoms with E-state index in [4.69, 9.17) is 5.73 Å². The van der Waals surface area contributed by atoms with Crippen molar-refractivity contribution in [3.8, 4) is 0 Å². The van der Waals surface area contributed by atoms with E-state index in [1.165, 1.54) is 12.8 Å². The van der Waals surface area contributed by atoms with E-state index in [1.807, 2.05) is 0 Å². The van der Waals surface area contributed by atoms with E-state index in [0.29, 0.717) is 11.9 Å². The van der Waals surface area contributed by atoms with Gasteiger partial charge in [-0.1, -0.05) is 13.3 Å². The van der Waals surface area contributed by atoms with Crippen molar-refractivity contribution in [1.82, 2.24) is 9.97 Å². The number of nitrogens with zero attached hydrogens (tertiary/aromatic N) is 3. The Kier molecular flexibility index (Phi) is 4.96. The number of aromatic nitrogens is 2. The van der Waals surface area contributed by atoms with Crippen LogP contribution >= 0.6 is 0 Å². The Morgan fingerprint density at radius 1 is 1.42 bits per heavy atom. The number of rotatable bonds is 5. The third kappa shape index (κ3) is 3.15. The third-order valence-corrected chi connectivity index (χ3v) is 3.82. The van der Waals surface area contributed by atoms with Crippen molar-refractivity contribution < 1.29 is 5.11 Å². The summed E-state index contributed by atoms with van der Waals surface area (Å²) in [5, 5.41) is 9.23. The monoisotopic (exact) mass is 264 g/mol. The van der Waals surface area contributed by atoms with E-state index in [2.05, 4.69) is 21.8 Å². The molecule has 2 rings (SSSR count). The molecule has 0 aliphatic carbocycles. The van der Waals surface area contributed by atoms with Gasteiger partial charge in [-0.3, -0.25) is 0 Å². The maximum Gasteiger partial charge on any atom is 0.137 e. The Balaban J connectivity index is 2.30. The van der Waals surface area contributed by atoms with Crippen molar-refractivity contribution in [1.29, 1.82) is 0 Å². The van der Waals surface area contributed by atoms with Crippen LogP contribution in [-0.4, -0.2) is 34.3 Å². The summed E-state index contributed by atoms with van der Waals surface area (Å²) >= 11 is 0. The first-order valence-corrected chi connectivity index (χ1v) is 7.24. The minimum absolute atomic E-state index is 0.227. The highest BCUT2D eigenvalue weighted by Crippen LogP contribution is 2.30. The topological polar surface area (TPSA) is 75.3 Å². The Hall–Kier alpha value is -1.36. The van der Waals surface area contributed by atoms with Crippen LogP contribution in [0, 0.1) is 0 Å². The molecular weight excluding hydrogens is 240 g/mol. The van der Waals surface area contributed by atoms with E-state index in [0.717, 1.165) is 43.6 Å². The smallest absolute Gasteiger partial charge is 0.137 e. The molecule has 1 unspecified atom stereocenters. The molecule has 0 aromatic carbocycles. The minimum Gasteiger partial charge on any atom is -0.396 e. The average molecular weight is 264 g/mol. The van der Waals surface area contributed by atoms with Crippen molar-refractivity contribution in [2.45, 2.75) is 51.5 Å². The number of nitrogen functional groups attached to an aromatic ring is 1. The van der Waals surface area contributed by atoms with Gasteiger partial charge in [0.2, 0.25) is 0 Å². The Bertz CT molecular complexity index is 408. The zero-order valence-electron chi connectivity index (χ0n) is 11.7. The third-order valence-electron chi connectivity index (χ3n) is 3.82. The molecule has 1 saturated heterocycles. The zero-order chi connectivity index (χ0) is 13.7. The fourth-order valence-electron chi connectivity index (χ4n) is 2.88. The van der Waals surface area contributed by atoms with E-state index in [1.54, 1.807) is 6.33 Å². The molecule has 0 amide bonds. The Morgan fingerprint density at radius 2 is 2.26 bits per heavy atom. The van der Waals surface area contributed by atoms with Crippen LogP contribution in [0.5, 0.6) is 0 Å². The average Bonchev–Trinajstić information content (AvgIpc) is 2.42. The number of aliphatic hydroxyl groups is 1. The van der Waals surface area contributed by atoms with Gasteiger partial charge in [0.05, 0.1) is 0 Å². The van der Waals surface area contributed by atoms with Crippen molar-refractivity contribution in [2.24, 2.45) is 0 Å². The number of nitrogens with two attached hydrogens (primary N) is 1. The Labute approximate surface area is 114 Å². The summed E-state index contributed by atoms with van der Waals surface area (Å²) in [5.74, 6) is 1.58. The van der Waals surface area contributed by atoms with Crippen LogP contribution < -0.4 is 10.6 Å². The molecule has 0 spiro atoms. The molecule has 1 aliphatic rings. The van der Waals surface area contributed by atoms with Crippen LogP contribution in [0.15, 0.2) is 6.33 Å². The van der Waals surface area contributed by atoms with E-state index >= 15 is 0 Å². The molecule has 1 fully saturated rings. The van der Waals surface area contributed by atoms with Gasteiger partial charge in [-0.25, -0.2) is 9.97 Å². The standard InChI is InChI=1S/C14H24N4O/c1-2-5-12-13(15)16-10-17-14(12)18-8-4-3-6-11(18)7-9-19/h10-11,19H,2-9H2,1H3,(H2,15,16,17). The molecule has 5 nitrogen and oxygen atoms in total. The summed E-state index contributed by atoms with van der Waals surface area (Å²) in [5.41, 5.74) is 7.07. The lowest BCUT2D eigenvalue weighted by Gasteiger charge is -2.37. The van der Waals surface area contributed by atoms with Gasteiger partial charge in [-0.05, 0) is 32.1 Å². The highest BCUT2D eigenvalue weighted by Gasteiger charge is 2.25. The van der Waals surface area contributed by atoms with Crippen molar-refractivity contribution in [3.05, 3.63) is 11.9 Å². The predicted molar refractivity (Wildman–Crippen MR) is 77.1 cm³/mol. The SMILES string of the molecule is CCCc1c(N)ncnc1N1CCCCC1CCO. The van der Waals surface area contributed by atoms with Crippen LogP contribution in [-0.2, 0) is 6.42 Å². The van der Waals surface area contributed by atoms with Gasteiger partial charge in [-0.15, -0.1) is 0 Å². The van der Waals surface area contributed by atoms with Crippen molar-refractivity contribution >= 4 is 11.6 Å². The first-order chi connectivity index (χ1) is 9.27. The highest BCUT2D eigenvalue weighted by molar-refractivity contribution is 5.57. The molecule has 0 saturated carbocycles. The lowest BCUT2D eigenvalue weighted by molar-refractivity contribution is 0.262. The van der Waals surface area contributed by atoms with Gasteiger partial charge in [0, 0.05) is 24.8 Å². The van der Waals surface area contributed by atoms with Gasteiger partial charge >= 0.3 is 0 Å². The maximum atomic E-state index is 9.23. The Morgan fingerprint density at radius 3 is 3.00 bits per heavy atom. The zero-order valence-corrected chi connectivity index (χ0v) is 11.7. The van der Waals surface area contributed by atoms with Crippen LogP contribution in [0.1, 0.15) is 44.6 Å². The van der Waals surface area contributed by atoms with Crippen molar-refractivity contribution in [2.75, 3.05) is 23.8 Å². The van der Waals surface area contributed by atoms with Crippen molar-refractivity contribution in [3.63, 3.8) is 0 Å². The first kappa shape index (κ1) is 14.1. The van der Waals surface area contributed by atoms with Crippen LogP contribution in [0.2, 0.25) is 0 Å². The number of anilines is 2. The molecule has 0 radical (unpaired) electrons. The number of hydrogen-bond acceptors (Lipinski definition) is 5. The van der Waals surface area contributed by atoms with Gasteiger partial charge in [0.15, 0.2) is 0 Å². The number of piperidine rings is 1. The fourth-order valence-corrected chi connectivity index (χ4v) is 2.88. The fraction of sp³-hybridized carbons (Fsp3) is 0.714. The maximum absolute atomic E-state index is 9.23. The van der Waals surface area contributed by atoms with Gasteiger partial charge < -0.3 is 15.7 Å². The predicted octanol–water partition coefficient (Wildman–Crippen LogP) is 1.75. The molecule has 1 aromatic rings. The van der Waals surface area contributed by atoms with E-state index in [9.17, 15) is 5.11 Å². The van der Waals surface area contributed by atoms with Crippen LogP contribution in [0.25, 0.3) is 0 Å². The summed E-state index contributed by atoms with van der Waals surface area (Å²) in [6.07, 6.45) is 7.82. The lowest BCUT2D eigenvalue weighted by atomic mass is 9.98. The summed E-state index contributed by atoms with van der Waals surface area (Å²) in [7, 11) is 0. The van der Waals surface area contributed by atoms with Gasteiger partial charge in [-0.2, -0.15) is 0 Å². The van der Waals surface area contributed by atoms with E-state index < -0.39 is 0 Å². The molecule has 5 heteroatoms. The normalized spacial score (nSPS) is 19.7. The summed E-state index contributed by atoms with van der Waals surface area (Å²) < 4.78 is 0. The summed E-state index contributed by atoms with van der Waals surface area (Å²) in [6, 6.07) is 0.378. The lowest BCUT2D eigenvalue weighted by Crippen LogP contribution is -2.41. The first-order valence-electron chi connectivity index (χ1n) is 7.24. The molecule has 3 N–H and O–H groups in total. The summed E-state index contributed by atoms with van der Waals surface area (Å²) in [4.78, 5) is 10.9. The van der Waals surface area contributed by atoms with Gasteiger partial charge in [0.1, 0.15) is 18.0 Å². The number of hydrogen-bond donors (Lipinski definition) is 2. The minimum atomic E-state index is 0.227. The molecule has 0 bridgehead atoms. The summed E-state index contributed by atoms with van der Waals surface area (Å²) in [6.45, 7) is 3.36. The molecular formula is C14H24N4O.